The molecule has 58 heavy (non-hydrogen) atoms. The van der Waals surface area contributed by atoms with Crippen LogP contribution in [0.3, 0.4) is 0 Å². The Hall–Kier alpha value is -6.04. The number of nitrogens with zero attached hydrogens (tertiary/aromatic N) is 4. The van der Waals surface area contributed by atoms with Gasteiger partial charge in [0.15, 0.2) is 11.5 Å². The van der Waals surface area contributed by atoms with E-state index in [1.807, 2.05) is 66.7 Å². The van der Waals surface area contributed by atoms with Gasteiger partial charge in [0.1, 0.15) is 5.75 Å². The molecule has 4 aromatic carbocycles. The van der Waals surface area contributed by atoms with Crippen LogP contribution in [0, 0.1) is 0 Å². The summed E-state index contributed by atoms with van der Waals surface area (Å²) in [4.78, 5) is 34.3. The molecule has 2 N–H and O–H groups in total. The van der Waals surface area contributed by atoms with Crippen molar-refractivity contribution in [2.75, 3.05) is 24.8 Å². The van der Waals surface area contributed by atoms with Crippen molar-refractivity contribution in [2.24, 2.45) is 7.05 Å². The number of ether oxygens (including phenoxy) is 3. The molecule has 296 valence electrons. The number of hydrogen-bond acceptors (Lipinski definition) is 7. The zero-order chi connectivity index (χ0) is 39.5. The molecule has 0 spiro atoms. The minimum atomic E-state index is -0.186. The highest BCUT2D eigenvalue weighted by Gasteiger charge is 2.37. The molecule has 6 heterocycles. The van der Waals surface area contributed by atoms with E-state index in [9.17, 15) is 5.11 Å². The number of morpholine rings is 1. The zero-order valence-electron chi connectivity index (χ0n) is 32.8. The van der Waals surface area contributed by atoms with Crippen molar-refractivity contribution in [3.05, 3.63) is 125 Å². The first-order chi connectivity index (χ1) is 28.3. The summed E-state index contributed by atoms with van der Waals surface area (Å²) in [5.74, 6) is 0.949. The predicted octanol–water partition coefficient (Wildman–Crippen LogP) is 7.73. The number of benzene rings is 4. The maximum absolute atomic E-state index is 15.3. The number of anilines is 2. The summed E-state index contributed by atoms with van der Waals surface area (Å²) in [7, 11) is 2.00. The number of nitrogens with one attached hydrogen (secondary N) is 1. The summed E-state index contributed by atoms with van der Waals surface area (Å²) in [5.41, 5.74) is 8.34. The highest BCUT2D eigenvalue weighted by molar-refractivity contribution is 6.13. The maximum Gasteiger partial charge on any atom is 0.264 e. The van der Waals surface area contributed by atoms with Crippen LogP contribution >= 0.6 is 0 Å². The molecule has 0 aliphatic carbocycles. The largest absolute Gasteiger partial charge is 0.508 e. The van der Waals surface area contributed by atoms with E-state index in [-0.39, 0.29) is 42.5 Å². The number of rotatable bonds is 7. The molecule has 1 fully saturated rings. The Labute approximate surface area is 337 Å². The number of hydrogen-bond donors (Lipinski definition) is 2. The van der Waals surface area contributed by atoms with Gasteiger partial charge in [0, 0.05) is 84.2 Å². The van der Waals surface area contributed by atoms with Gasteiger partial charge in [0.05, 0.1) is 23.8 Å². The monoisotopic (exact) mass is 777 g/mol. The molecule has 2 amide bonds. The topological polar surface area (TPSA) is 110 Å². The van der Waals surface area contributed by atoms with E-state index in [1.165, 1.54) is 5.56 Å². The van der Waals surface area contributed by atoms with Crippen LogP contribution in [0.25, 0.3) is 22.2 Å². The van der Waals surface area contributed by atoms with Gasteiger partial charge in [-0.2, -0.15) is 0 Å². The number of aryl methyl sites for hydroxylation is 1. The van der Waals surface area contributed by atoms with Crippen molar-refractivity contribution in [1.82, 2.24) is 19.4 Å². The van der Waals surface area contributed by atoms with E-state index in [4.69, 9.17) is 14.2 Å². The lowest BCUT2D eigenvalue weighted by Gasteiger charge is -2.41. The Morgan fingerprint density at radius 1 is 0.897 bits per heavy atom. The van der Waals surface area contributed by atoms with Crippen molar-refractivity contribution in [3.8, 4) is 28.5 Å². The van der Waals surface area contributed by atoms with Gasteiger partial charge in [-0.15, -0.1) is 0 Å². The van der Waals surface area contributed by atoms with Crippen LogP contribution in [0.5, 0.6) is 17.2 Å². The van der Waals surface area contributed by atoms with Crippen molar-refractivity contribution >= 4 is 34.1 Å². The fourth-order valence-corrected chi connectivity index (χ4v) is 9.43. The summed E-state index contributed by atoms with van der Waals surface area (Å²) in [5, 5.41) is 14.8. The standard InChI is InChI=1S/C47H47N5O6/c1-29-43(56-20-17-48-29)23-35-21-30-7-3-4-8-32(30)27-51(35)46(54)38-26-45-44(57-28-58-45)25-37(38)42-24-39(41-9-5-6-18-50(41)42)47(55)52(33-10-13-36(53)14-11-33)34-12-15-40-31(22-34)16-19-49(40)2/h3-4,7-8,10-16,19,22,24-26,29,35,43,48,53H,5-6,9,17-18,20-21,23,27-28H2,1-2H3/t29-,35+,43?/m1/s1. The van der Waals surface area contributed by atoms with Crippen LogP contribution in [0.2, 0.25) is 0 Å². The van der Waals surface area contributed by atoms with E-state index in [2.05, 4.69) is 39.6 Å². The second-order valence-electron chi connectivity index (χ2n) is 16.0. The second kappa shape index (κ2) is 14.7. The average molecular weight is 778 g/mol. The summed E-state index contributed by atoms with van der Waals surface area (Å²) >= 11 is 0. The molecule has 3 atom stereocenters. The van der Waals surface area contributed by atoms with E-state index in [1.54, 1.807) is 29.2 Å². The molecule has 1 saturated heterocycles. The van der Waals surface area contributed by atoms with E-state index in [0.29, 0.717) is 72.1 Å². The number of aromatic hydroxyl groups is 1. The van der Waals surface area contributed by atoms with Crippen molar-refractivity contribution < 1.29 is 28.9 Å². The molecule has 11 heteroatoms. The Kier molecular flexibility index (Phi) is 9.21. The van der Waals surface area contributed by atoms with Crippen LogP contribution in [0.4, 0.5) is 11.4 Å². The quantitative estimate of drug-likeness (QED) is 0.171. The molecule has 0 radical (unpaired) electrons. The Bertz CT molecular complexity index is 2560. The van der Waals surface area contributed by atoms with Crippen LogP contribution in [-0.4, -0.2) is 69.1 Å². The minimum absolute atomic E-state index is 0.0270. The van der Waals surface area contributed by atoms with Crippen molar-refractivity contribution in [2.45, 2.75) is 70.3 Å². The van der Waals surface area contributed by atoms with Gasteiger partial charge in [0.2, 0.25) is 6.79 Å². The number of aromatic nitrogens is 2. The van der Waals surface area contributed by atoms with E-state index >= 15 is 9.59 Å². The predicted molar refractivity (Wildman–Crippen MR) is 222 cm³/mol. The lowest BCUT2D eigenvalue weighted by molar-refractivity contribution is -0.0200. The SMILES string of the molecule is C[C@H]1NCCOC1C[C@@H]1Cc2ccccc2CN1C(=O)c1cc2c(cc1-c1cc(C(=O)N(c3ccc(O)cc3)c3ccc4c(ccn4C)c3)c3n1CCCC3)OCO2. The molecule has 11 nitrogen and oxygen atoms in total. The minimum Gasteiger partial charge on any atom is -0.508 e. The first-order valence-electron chi connectivity index (χ1n) is 20.4. The Morgan fingerprint density at radius 2 is 1.69 bits per heavy atom. The molecule has 10 rings (SSSR count). The lowest BCUT2D eigenvalue weighted by Crippen LogP contribution is -2.52. The van der Waals surface area contributed by atoms with Crippen LogP contribution < -0.4 is 19.7 Å². The number of phenols is 1. The van der Waals surface area contributed by atoms with Gasteiger partial charge in [-0.05, 0) is 117 Å². The fourth-order valence-electron chi connectivity index (χ4n) is 9.43. The summed E-state index contributed by atoms with van der Waals surface area (Å²) in [6.45, 7) is 4.86. The molecule has 4 aliphatic rings. The van der Waals surface area contributed by atoms with Crippen molar-refractivity contribution in [1.29, 1.82) is 0 Å². The maximum atomic E-state index is 15.3. The fraction of sp³-hybridized carbons (Fsp3) is 0.319. The molecule has 1 unspecified atom stereocenters. The molecule has 2 aromatic heterocycles. The summed E-state index contributed by atoms with van der Waals surface area (Å²) in [6.07, 6.45) is 6.02. The Balaban J connectivity index is 1.09. The highest BCUT2D eigenvalue weighted by atomic mass is 16.7. The Morgan fingerprint density at radius 3 is 2.52 bits per heavy atom. The van der Waals surface area contributed by atoms with Gasteiger partial charge >= 0.3 is 0 Å². The van der Waals surface area contributed by atoms with Gasteiger partial charge in [-0.1, -0.05) is 24.3 Å². The van der Waals surface area contributed by atoms with Crippen LogP contribution in [0.1, 0.15) is 63.7 Å². The smallest absolute Gasteiger partial charge is 0.264 e. The van der Waals surface area contributed by atoms with Gasteiger partial charge in [0.25, 0.3) is 11.8 Å². The third-order valence-corrected chi connectivity index (χ3v) is 12.5. The van der Waals surface area contributed by atoms with Gasteiger partial charge < -0.3 is 38.7 Å². The zero-order valence-corrected chi connectivity index (χ0v) is 32.8. The second-order valence-corrected chi connectivity index (χ2v) is 16.0. The summed E-state index contributed by atoms with van der Waals surface area (Å²) < 4.78 is 22.4. The number of phenolic OH excluding ortho intramolecular Hbond substituents is 1. The normalized spacial score (nSPS) is 19.8. The highest BCUT2D eigenvalue weighted by Crippen LogP contribution is 2.43. The third kappa shape index (κ3) is 6.38. The molecule has 0 saturated carbocycles. The number of amides is 2. The summed E-state index contributed by atoms with van der Waals surface area (Å²) in [6, 6.07) is 29.0. The number of fused-ring (bicyclic) bond motifs is 4. The lowest BCUT2D eigenvalue weighted by atomic mass is 9.88. The first-order valence-corrected chi connectivity index (χ1v) is 20.4. The van der Waals surface area contributed by atoms with Crippen molar-refractivity contribution in [3.63, 3.8) is 0 Å². The van der Waals surface area contributed by atoms with Gasteiger partial charge in [-0.25, -0.2) is 0 Å². The van der Waals surface area contributed by atoms with Crippen LogP contribution in [0.15, 0.2) is 97.2 Å². The first kappa shape index (κ1) is 36.3. The molecular weight excluding hydrogens is 731 g/mol. The number of carbonyl (C=O) groups excluding carboxylic acids is 2. The van der Waals surface area contributed by atoms with Crippen LogP contribution in [-0.2, 0) is 37.7 Å². The molecular formula is C47H47N5O6. The molecule has 4 aliphatic heterocycles. The molecule has 0 bridgehead atoms. The van der Waals surface area contributed by atoms with E-state index in [0.717, 1.165) is 53.7 Å². The third-order valence-electron chi connectivity index (χ3n) is 12.5. The number of carbonyl (C=O) groups is 2. The van der Waals surface area contributed by atoms with E-state index < -0.39 is 0 Å². The molecule has 6 aromatic rings. The average Bonchev–Trinajstić information content (AvgIpc) is 3.98. The van der Waals surface area contributed by atoms with Gasteiger partial charge in [-0.3, -0.25) is 14.5 Å².